The summed E-state index contributed by atoms with van der Waals surface area (Å²) in [5.41, 5.74) is 1.40. The number of imide groups is 1. The molecule has 0 unspecified atom stereocenters. The topological polar surface area (TPSA) is 66.9 Å². The van der Waals surface area contributed by atoms with Crippen molar-refractivity contribution < 1.29 is 19.1 Å². The van der Waals surface area contributed by atoms with E-state index < -0.39 is 23.2 Å². The van der Waals surface area contributed by atoms with Crippen LogP contribution < -0.4 is 4.90 Å². The van der Waals surface area contributed by atoms with E-state index in [4.69, 9.17) is 4.74 Å². The first-order valence-electron chi connectivity index (χ1n) is 10.7. The molecule has 2 aliphatic rings. The van der Waals surface area contributed by atoms with Gasteiger partial charge >= 0.3 is 0 Å². The molecule has 2 aromatic carbocycles. The number of piperidine rings is 1. The standard InChI is InChI=1S/C25H28N2O4/c1-17-9-11-19(12-10-17)27-23(29)20(22(28)26-13-15-31-16-14-26)21(25(2,3)24(27)30)18-7-5-4-6-8-18/h4-12,20-21H,13-16H2,1-3H3/t20-,21-/m1/s1. The van der Waals surface area contributed by atoms with Crippen LogP contribution in [0.4, 0.5) is 5.69 Å². The summed E-state index contributed by atoms with van der Waals surface area (Å²) in [6.45, 7) is 7.41. The Bertz CT molecular complexity index is 978. The van der Waals surface area contributed by atoms with Crippen LogP contribution in [0.2, 0.25) is 0 Å². The number of morpholine rings is 1. The van der Waals surface area contributed by atoms with Gasteiger partial charge in [-0.1, -0.05) is 61.9 Å². The third kappa shape index (κ3) is 3.76. The lowest BCUT2D eigenvalue weighted by molar-refractivity contribution is -0.152. The van der Waals surface area contributed by atoms with Crippen LogP contribution in [0.5, 0.6) is 0 Å². The summed E-state index contributed by atoms with van der Waals surface area (Å²) in [5.74, 6) is -2.51. The minimum absolute atomic E-state index is 0.236. The van der Waals surface area contributed by atoms with E-state index >= 15 is 0 Å². The van der Waals surface area contributed by atoms with Crippen LogP contribution >= 0.6 is 0 Å². The second kappa shape index (κ2) is 8.27. The predicted molar refractivity (Wildman–Crippen MR) is 118 cm³/mol. The second-order valence-corrected chi connectivity index (χ2v) is 8.84. The fraction of sp³-hybridized carbons (Fsp3) is 0.400. The molecule has 6 heteroatoms. The molecule has 0 aliphatic carbocycles. The van der Waals surface area contributed by atoms with Crippen LogP contribution in [0.15, 0.2) is 54.6 Å². The van der Waals surface area contributed by atoms with Crippen molar-refractivity contribution in [3.63, 3.8) is 0 Å². The number of benzene rings is 2. The Morgan fingerprint density at radius 2 is 1.58 bits per heavy atom. The van der Waals surface area contributed by atoms with Crippen molar-refractivity contribution in [1.82, 2.24) is 4.90 Å². The van der Waals surface area contributed by atoms with Crippen LogP contribution in [0, 0.1) is 18.3 Å². The molecular formula is C25H28N2O4. The summed E-state index contributed by atoms with van der Waals surface area (Å²) >= 11 is 0. The highest BCUT2D eigenvalue weighted by molar-refractivity contribution is 6.24. The van der Waals surface area contributed by atoms with Gasteiger partial charge in [0.25, 0.3) is 0 Å². The van der Waals surface area contributed by atoms with Gasteiger partial charge in [-0.25, -0.2) is 4.90 Å². The van der Waals surface area contributed by atoms with Gasteiger partial charge in [0.05, 0.1) is 24.3 Å². The summed E-state index contributed by atoms with van der Waals surface area (Å²) in [5, 5.41) is 0. The third-order valence-corrected chi connectivity index (χ3v) is 6.39. The van der Waals surface area contributed by atoms with E-state index in [1.165, 1.54) is 4.90 Å². The van der Waals surface area contributed by atoms with Crippen molar-refractivity contribution >= 4 is 23.4 Å². The zero-order valence-electron chi connectivity index (χ0n) is 18.2. The van der Waals surface area contributed by atoms with Gasteiger partial charge in [-0.3, -0.25) is 14.4 Å². The normalized spacial score (nSPS) is 23.7. The number of aryl methyl sites for hydroxylation is 1. The molecule has 2 aliphatic heterocycles. The van der Waals surface area contributed by atoms with E-state index in [-0.39, 0.29) is 11.8 Å². The molecule has 2 heterocycles. The summed E-state index contributed by atoms with van der Waals surface area (Å²) in [6, 6.07) is 16.7. The molecule has 162 valence electrons. The average molecular weight is 421 g/mol. The molecule has 0 N–H and O–H groups in total. The fourth-order valence-electron chi connectivity index (χ4n) is 4.66. The van der Waals surface area contributed by atoms with E-state index in [0.717, 1.165) is 11.1 Å². The van der Waals surface area contributed by atoms with E-state index in [0.29, 0.717) is 32.0 Å². The molecule has 4 rings (SSSR count). The van der Waals surface area contributed by atoms with Crippen molar-refractivity contribution in [2.75, 3.05) is 31.2 Å². The van der Waals surface area contributed by atoms with E-state index in [1.54, 1.807) is 17.0 Å². The number of anilines is 1. The summed E-state index contributed by atoms with van der Waals surface area (Å²) in [6.07, 6.45) is 0. The highest BCUT2D eigenvalue weighted by Gasteiger charge is 2.57. The van der Waals surface area contributed by atoms with Crippen LogP contribution in [-0.4, -0.2) is 48.9 Å². The molecule has 2 aromatic rings. The van der Waals surface area contributed by atoms with Gasteiger partial charge in [-0.05, 0) is 24.6 Å². The SMILES string of the molecule is Cc1ccc(N2C(=O)[C@@H](C(=O)N3CCOCC3)[C@@H](c3ccccc3)C(C)(C)C2=O)cc1. The molecule has 0 bridgehead atoms. The average Bonchev–Trinajstić information content (AvgIpc) is 2.78. The van der Waals surface area contributed by atoms with Gasteiger partial charge in [0.2, 0.25) is 17.7 Å². The lowest BCUT2D eigenvalue weighted by Gasteiger charge is -2.47. The zero-order chi connectivity index (χ0) is 22.2. The molecule has 31 heavy (non-hydrogen) atoms. The lowest BCUT2D eigenvalue weighted by atomic mass is 9.64. The minimum atomic E-state index is -0.977. The number of rotatable bonds is 3. The summed E-state index contributed by atoms with van der Waals surface area (Å²) in [4.78, 5) is 44.0. The van der Waals surface area contributed by atoms with Gasteiger partial charge in [0, 0.05) is 19.0 Å². The molecule has 2 saturated heterocycles. The smallest absolute Gasteiger partial charge is 0.247 e. The minimum Gasteiger partial charge on any atom is -0.378 e. The Kier molecular flexibility index (Phi) is 5.67. The van der Waals surface area contributed by atoms with Gasteiger partial charge in [-0.15, -0.1) is 0 Å². The van der Waals surface area contributed by atoms with Crippen LogP contribution in [0.25, 0.3) is 0 Å². The molecule has 6 nitrogen and oxygen atoms in total. The maximum Gasteiger partial charge on any atom is 0.247 e. The number of ether oxygens (including phenoxy) is 1. The maximum absolute atomic E-state index is 13.8. The van der Waals surface area contributed by atoms with Crippen molar-refractivity contribution in [1.29, 1.82) is 0 Å². The zero-order valence-corrected chi connectivity index (χ0v) is 18.2. The Morgan fingerprint density at radius 1 is 0.968 bits per heavy atom. The second-order valence-electron chi connectivity index (χ2n) is 8.84. The molecule has 0 spiro atoms. The Morgan fingerprint density at radius 3 is 2.19 bits per heavy atom. The molecule has 0 saturated carbocycles. The summed E-state index contributed by atoms with van der Waals surface area (Å²) in [7, 11) is 0. The molecule has 2 atom stereocenters. The molecular weight excluding hydrogens is 392 g/mol. The predicted octanol–water partition coefficient (Wildman–Crippen LogP) is 3.15. The first-order valence-corrected chi connectivity index (χ1v) is 10.7. The van der Waals surface area contributed by atoms with E-state index in [9.17, 15) is 14.4 Å². The van der Waals surface area contributed by atoms with Crippen LogP contribution in [0.3, 0.4) is 0 Å². The van der Waals surface area contributed by atoms with Gasteiger partial charge in [0.1, 0.15) is 5.92 Å². The number of amides is 3. The maximum atomic E-state index is 13.8. The monoisotopic (exact) mass is 420 g/mol. The van der Waals surface area contributed by atoms with Crippen molar-refractivity contribution in [2.45, 2.75) is 26.7 Å². The van der Waals surface area contributed by atoms with Crippen molar-refractivity contribution in [3.05, 3.63) is 65.7 Å². The third-order valence-electron chi connectivity index (χ3n) is 6.39. The van der Waals surface area contributed by atoms with Crippen molar-refractivity contribution in [3.8, 4) is 0 Å². The number of hydrogen-bond donors (Lipinski definition) is 0. The Balaban J connectivity index is 1.82. The highest BCUT2D eigenvalue weighted by Crippen LogP contribution is 2.48. The first kappa shape index (κ1) is 21.2. The molecule has 3 amide bonds. The number of nitrogens with zero attached hydrogens (tertiary/aromatic N) is 2. The van der Waals surface area contributed by atoms with Crippen molar-refractivity contribution in [2.24, 2.45) is 11.3 Å². The van der Waals surface area contributed by atoms with Crippen LogP contribution in [-0.2, 0) is 19.1 Å². The van der Waals surface area contributed by atoms with Gasteiger partial charge < -0.3 is 9.64 Å². The van der Waals surface area contributed by atoms with Crippen LogP contribution in [0.1, 0.15) is 30.9 Å². The number of hydrogen-bond acceptors (Lipinski definition) is 4. The fourth-order valence-corrected chi connectivity index (χ4v) is 4.66. The lowest BCUT2D eigenvalue weighted by Crippen LogP contribution is -2.61. The highest BCUT2D eigenvalue weighted by atomic mass is 16.5. The van der Waals surface area contributed by atoms with Gasteiger partial charge in [-0.2, -0.15) is 0 Å². The molecule has 2 fully saturated rings. The summed E-state index contributed by atoms with van der Waals surface area (Å²) < 4.78 is 5.39. The first-order chi connectivity index (χ1) is 14.8. The number of carbonyl (C=O) groups is 3. The molecule has 0 radical (unpaired) electrons. The Hall–Kier alpha value is -2.99. The number of carbonyl (C=O) groups excluding carboxylic acids is 3. The van der Waals surface area contributed by atoms with Gasteiger partial charge in [0.15, 0.2) is 0 Å². The largest absolute Gasteiger partial charge is 0.378 e. The Labute approximate surface area is 182 Å². The van der Waals surface area contributed by atoms with E-state index in [1.807, 2.05) is 63.2 Å². The van der Waals surface area contributed by atoms with E-state index in [2.05, 4.69) is 0 Å². The molecule has 0 aromatic heterocycles. The quantitative estimate of drug-likeness (QED) is 0.565.